The summed E-state index contributed by atoms with van der Waals surface area (Å²) in [7, 11) is 0. The molecule has 4 aromatic carbocycles. The number of nitrogens with zero attached hydrogens (tertiary/aromatic N) is 2. The molecule has 1 radical (unpaired) electrons. The first-order chi connectivity index (χ1) is 22.9. The van der Waals surface area contributed by atoms with Crippen molar-refractivity contribution in [2.45, 2.75) is 58.3 Å². The number of hydrogen-bond acceptors (Lipinski definition) is 3. The quantitative estimate of drug-likeness (QED) is 0.127. The fourth-order valence-electron chi connectivity index (χ4n) is 6.31. The fraction of sp³-hybridized carbons (Fsp3) is 0.227. The van der Waals surface area contributed by atoms with Crippen LogP contribution < -0.4 is 4.40 Å². The Morgan fingerprint density at radius 3 is 2.12 bits per heavy atom. The van der Waals surface area contributed by atoms with Crippen molar-refractivity contribution in [1.82, 2.24) is 9.97 Å². The molecule has 0 N–H and O–H groups in total. The van der Waals surface area contributed by atoms with Gasteiger partial charge in [0.2, 0.25) is 0 Å². The molecular formula is C44H44GeIrN2S-2. The Morgan fingerprint density at radius 1 is 0.755 bits per heavy atom. The molecule has 0 fully saturated rings. The van der Waals surface area contributed by atoms with Gasteiger partial charge in [0.25, 0.3) is 0 Å². The van der Waals surface area contributed by atoms with Gasteiger partial charge in [0.15, 0.2) is 0 Å². The second-order valence-electron chi connectivity index (χ2n) is 14.9. The van der Waals surface area contributed by atoms with E-state index in [0.29, 0.717) is 0 Å². The van der Waals surface area contributed by atoms with Crippen LogP contribution in [-0.2, 0) is 26.5 Å². The topological polar surface area (TPSA) is 25.8 Å². The second-order valence-corrected chi connectivity index (χ2v) is 26.5. The van der Waals surface area contributed by atoms with E-state index in [1.807, 2.05) is 35.7 Å². The number of thiophene rings is 1. The summed E-state index contributed by atoms with van der Waals surface area (Å²) in [6.45, 7) is 11.2. The molecule has 49 heavy (non-hydrogen) atoms. The smallest absolute Gasteiger partial charge is 0.0239 e. The second kappa shape index (κ2) is 15.2. The third-order valence-electron chi connectivity index (χ3n) is 8.63. The van der Waals surface area contributed by atoms with E-state index in [4.69, 9.17) is 4.98 Å². The first-order valence-corrected chi connectivity index (χ1v) is 24.9. The van der Waals surface area contributed by atoms with Gasteiger partial charge in [-0.15, -0.1) is 17.7 Å². The molecule has 0 saturated heterocycles. The Bertz CT molecular complexity index is 2190. The molecule has 2 nitrogen and oxygen atoms in total. The molecule has 0 aliphatic rings. The first kappa shape index (κ1) is 36.9. The Hall–Kier alpha value is -3.41. The van der Waals surface area contributed by atoms with E-state index in [0.717, 1.165) is 28.9 Å². The molecule has 0 spiro atoms. The maximum atomic E-state index is 4.84. The maximum Gasteiger partial charge on any atom is 0.0239 e. The molecular weight excluding hydrogens is 853 g/mol. The molecule has 251 valence electrons. The Kier molecular flexibility index (Phi) is 11.5. The number of aryl methyl sites for hydroxylation is 2. The van der Waals surface area contributed by atoms with Gasteiger partial charge in [0.1, 0.15) is 0 Å². The van der Waals surface area contributed by atoms with Crippen molar-refractivity contribution < 1.29 is 20.1 Å². The van der Waals surface area contributed by atoms with Crippen LogP contribution in [0.1, 0.15) is 37.5 Å². The van der Waals surface area contributed by atoms with E-state index < -0.39 is 13.3 Å². The van der Waals surface area contributed by atoms with Gasteiger partial charge in [-0.05, 0) is 46.2 Å². The van der Waals surface area contributed by atoms with Crippen molar-refractivity contribution in [3.63, 3.8) is 0 Å². The molecule has 0 bridgehead atoms. The van der Waals surface area contributed by atoms with Crippen molar-refractivity contribution in [3.8, 4) is 33.6 Å². The Labute approximate surface area is 312 Å². The molecule has 3 heterocycles. The minimum atomic E-state index is -1.77. The molecule has 3 aromatic heterocycles. The number of fused-ring (bicyclic) bond motifs is 3. The largest absolute Gasteiger partial charge is 0.304 e. The SMILES string of the molecule is Cc1cc(-c2[c-]cccc2)nc[c]1[Ge]([CH3])([CH3])[CH3].Cc1cnc(-c2[c-]cc(-c3ccccc3)c3c2sc2ccccc23)cc1CC(C)(C)C.[Ir]. The van der Waals surface area contributed by atoms with Crippen LogP contribution in [0.3, 0.4) is 0 Å². The average molecular weight is 898 g/mol. The molecule has 7 aromatic rings. The maximum absolute atomic E-state index is 4.84. The van der Waals surface area contributed by atoms with Crippen LogP contribution in [0.2, 0.25) is 17.3 Å². The zero-order valence-electron chi connectivity index (χ0n) is 29.7. The number of aromatic nitrogens is 2. The number of hydrogen-bond donors (Lipinski definition) is 0. The third kappa shape index (κ3) is 8.49. The van der Waals surface area contributed by atoms with E-state index >= 15 is 0 Å². The Morgan fingerprint density at radius 2 is 1.45 bits per heavy atom. The number of rotatable bonds is 5. The van der Waals surface area contributed by atoms with Crippen LogP contribution in [0.4, 0.5) is 0 Å². The molecule has 0 amide bonds. The molecule has 0 atom stereocenters. The summed E-state index contributed by atoms with van der Waals surface area (Å²) in [6, 6.07) is 40.8. The number of benzene rings is 4. The van der Waals surface area contributed by atoms with Gasteiger partial charge in [-0.2, -0.15) is 11.3 Å². The van der Waals surface area contributed by atoms with Gasteiger partial charge in [0.05, 0.1) is 0 Å². The van der Waals surface area contributed by atoms with Gasteiger partial charge in [0, 0.05) is 31.0 Å². The van der Waals surface area contributed by atoms with Gasteiger partial charge < -0.3 is 4.98 Å². The van der Waals surface area contributed by atoms with Crippen molar-refractivity contribution in [2.75, 3.05) is 0 Å². The van der Waals surface area contributed by atoms with Crippen molar-refractivity contribution in [3.05, 3.63) is 138 Å². The van der Waals surface area contributed by atoms with E-state index in [9.17, 15) is 0 Å². The summed E-state index contributed by atoms with van der Waals surface area (Å²) in [5, 5.41) is 2.61. The van der Waals surface area contributed by atoms with E-state index in [1.54, 1.807) is 0 Å². The van der Waals surface area contributed by atoms with Crippen LogP contribution in [0.25, 0.3) is 53.8 Å². The standard InChI is InChI=1S/C29H26NS.C15H18GeN.Ir/c1-19-18-30-25(16-21(19)17-29(2,3)4)23-15-14-22(20-10-6-5-7-11-20)27-24-12-8-9-13-26(24)31-28(23)27;1-12-10-15(13-8-6-5-7-9-13)17-11-14(12)16(2,3)4;/h5-14,16,18H,17H2,1-4H3;5-8,10-11H,1-4H3;/q2*-1;. The summed E-state index contributed by atoms with van der Waals surface area (Å²) in [6.07, 6.45) is 5.13. The van der Waals surface area contributed by atoms with E-state index in [1.165, 1.54) is 52.4 Å². The molecule has 5 heteroatoms. The zero-order valence-corrected chi connectivity index (χ0v) is 35.0. The van der Waals surface area contributed by atoms with Crippen molar-refractivity contribution >= 4 is 49.2 Å². The fourth-order valence-corrected chi connectivity index (χ4v) is 11.1. The zero-order chi connectivity index (χ0) is 34.1. The van der Waals surface area contributed by atoms with Gasteiger partial charge in [-0.25, -0.2) is 0 Å². The van der Waals surface area contributed by atoms with Crippen LogP contribution in [-0.4, -0.2) is 23.2 Å². The van der Waals surface area contributed by atoms with Crippen molar-refractivity contribution in [1.29, 1.82) is 0 Å². The summed E-state index contributed by atoms with van der Waals surface area (Å²) in [5.41, 5.74) is 10.9. The average Bonchev–Trinajstić information content (AvgIpc) is 3.45. The third-order valence-corrected chi connectivity index (χ3v) is 14.3. The van der Waals surface area contributed by atoms with E-state index in [2.05, 4.69) is 154 Å². The number of pyridine rings is 2. The first-order valence-electron chi connectivity index (χ1n) is 16.7. The molecule has 0 aliphatic carbocycles. The van der Waals surface area contributed by atoms with Gasteiger partial charge in [-0.3, -0.25) is 0 Å². The molecule has 7 rings (SSSR count). The minimum Gasteiger partial charge on any atom is -0.304 e. The summed E-state index contributed by atoms with van der Waals surface area (Å²) < 4.78 is 4.06. The van der Waals surface area contributed by atoms with E-state index in [-0.39, 0.29) is 25.5 Å². The minimum absolute atomic E-state index is 0. The monoisotopic (exact) mass is 899 g/mol. The summed E-state index contributed by atoms with van der Waals surface area (Å²) >= 11 is 0.0713. The summed E-state index contributed by atoms with van der Waals surface area (Å²) in [5.74, 6) is 7.20. The van der Waals surface area contributed by atoms with Crippen molar-refractivity contribution in [2.24, 2.45) is 5.41 Å². The predicted molar refractivity (Wildman–Crippen MR) is 211 cm³/mol. The predicted octanol–water partition coefficient (Wildman–Crippen LogP) is 11.9. The van der Waals surface area contributed by atoms with Crippen LogP contribution in [0.15, 0.2) is 109 Å². The normalized spacial score (nSPS) is 11.6. The molecule has 0 saturated carbocycles. The Balaban J connectivity index is 0.000000221. The molecule has 0 aliphatic heterocycles. The van der Waals surface area contributed by atoms with Gasteiger partial charge in [-0.1, -0.05) is 97.4 Å². The molecule has 0 unspecified atom stereocenters. The summed E-state index contributed by atoms with van der Waals surface area (Å²) in [4.78, 5) is 9.43. The van der Waals surface area contributed by atoms with Crippen LogP contribution in [0.5, 0.6) is 0 Å². The van der Waals surface area contributed by atoms with Gasteiger partial charge >= 0.3 is 106 Å². The van der Waals surface area contributed by atoms with Crippen LogP contribution in [0, 0.1) is 31.4 Å². The van der Waals surface area contributed by atoms with Crippen LogP contribution >= 0.6 is 11.3 Å².